The Kier molecular flexibility index (Phi) is 4.08. The van der Waals surface area contributed by atoms with E-state index in [9.17, 15) is 4.39 Å². The minimum Gasteiger partial charge on any atom is -0.423 e. The summed E-state index contributed by atoms with van der Waals surface area (Å²) in [6, 6.07) is 10.9. The topological polar surface area (TPSA) is 59.1 Å². The van der Waals surface area contributed by atoms with E-state index < -0.39 is 0 Å². The molecule has 0 saturated heterocycles. The zero-order valence-electron chi connectivity index (χ0n) is 15.0. The van der Waals surface area contributed by atoms with Crippen LogP contribution in [0.25, 0.3) is 22.1 Å². The minimum absolute atomic E-state index is 0.305. The van der Waals surface area contributed by atoms with Gasteiger partial charge in [-0.3, -0.25) is 5.32 Å². The normalized spacial score (nSPS) is 11.7. The lowest BCUT2D eigenvalue weighted by Gasteiger charge is -2.08. The molecule has 7 heteroatoms. The van der Waals surface area contributed by atoms with Crippen molar-refractivity contribution < 1.29 is 8.81 Å². The lowest BCUT2D eigenvalue weighted by Crippen LogP contribution is -2.10. The maximum Gasteiger partial charge on any atom is 0.302 e. The molecule has 0 aliphatic carbocycles. The highest BCUT2D eigenvalue weighted by atomic mass is 19.1. The minimum atomic E-state index is -0.305. The number of fused-ring (bicyclic) bond motifs is 2. The molecule has 26 heavy (non-hydrogen) atoms. The first-order chi connectivity index (χ1) is 12.5. The molecule has 0 aliphatic heterocycles. The zero-order valence-corrected chi connectivity index (χ0v) is 15.0. The molecule has 0 aliphatic rings. The predicted octanol–water partition coefficient (Wildman–Crippen LogP) is 4.14. The van der Waals surface area contributed by atoms with Crippen molar-refractivity contribution >= 4 is 34.1 Å². The third kappa shape index (κ3) is 3.01. The number of nitrogens with zero attached hydrogens (tertiary/aromatic N) is 4. The fourth-order valence-electron chi connectivity index (χ4n) is 3.10. The first-order valence-corrected chi connectivity index (χ1v) is 8.50. The van der Waals surface area contributed by atoms with Crippen LogP contribution >= 0.6 is 0 Å². The Labute approximate surface area is 150 Å². The van der Waals surface area contributed by atoms with E-state index in [-0.39, 0.29) is 5.82 Å². The quantitative estimate of drug-likeness (QED) is 0.584. The van der Waals surface area contributed by atoms with Crippen LogP contribution in [0, 0.1) is 5.82 Å². The van der Waals surface area contributed by atoms with Crippen LogP contribution in [-0.2, 0) is 13.1 Å². The molecule has 0 unspecified atom stereocenters. The lowest BCUT2D eigenvalue weighted by molar-refractivity contribution is 0.402. The van der Waals surface area contributed by atoms with Crippen LogP contribution in [0.3, 0.4) is 0 Å². The van der Waals surface area contributed by atoms with Crippen LogP contribution in [-0.4, -0.2) is 33.5 Å². The number of hydrogen-bond acceptors (Lipinski definition) is 5. The predicted molar refractivity (Wildman–Crippen MR) is 100 cm³/mol. The van der Waals surface area contributed by atoms with Gasteiger partial charge >= 0.3 is 6.01 Å². The maximum atomic E-state index is 13.5. The fourth-order valence-corrected chi connectivity index (χ4v) is 3.10. The second kappa shape index (κ2) is 6.42. The maximum absolute atomic E-state index is 13.5. The molecule has 0 bridgehead atoms. The Morgan fingerprint density at radius 1 is 1.12 bits per heavy atom. The van der Waals surface area contributed by atoms with Gasteiger partial charge in [0.05, 0.1) is 11.0 Å². The van der Waals surface area contributed by atoms with Crippen LogP contribution in [0.5, 0.6) is 0 Å². The van der Waals surface area contributed by atoms with Crippen LogP contribution in [0.1, 0.15) is 12.5 Å². The second-order valence-corrected chi connectivity index (χ2v) is 6.50. The molecule has 0 saturated carbocycles. The monoisotopic (exact) mass is 353 g/mol. The van der Waals surface area contributed by atoms with E-state index >= 15 is 0 Å². The molecule has 6 nitrogen and oxygen atoms in total. The summed E-state index contributed by atoms with van der Waals surface area (Å²) in [6.07, 6.45) is 0. The van der Waals surface area contributed by atoms with Crippen molar-refractivity contribution in [2.45, 2.75) is 20.0 Å². The number of halogens is 1. The smallest absolute Gasteiger partial charge is 0.302 e. The van der Waals surface area contributed by atoms with Gasteiger partial charge < -0.3 is 13.9 Å². The van der Waals surface area contributed by atoms with Gasteiger partial charge in [-0.2, -0.15) is 4.98 Å². The van der Waals surface area contributed by atoms with Crippen molar-refractivity contribution in [1.29, 1.82) is 0 Å². The molecule has 4 aromatic rings. The average Bonchev–Trinajstić information content (AvgIpc) is 3.13. The molecule has 2 heterocycles. The largest absolute Gasteiger partial charge is 0.423 e. The van der Waals surface area contributed by atoms with E-state index in [4.69, 9.17) is 4.42 Å². The van der Waals surface area contributed by atoms with E-state index in [2.05, 4.69) is 20.2 Å². The van der Waals surface area contributed by atoms with Gasteiger partial charge in [0.2, 0.25) is 5.95 Å². The molecular formula is C19H20FN5O. The van der Waals surface area contributed by atoms with Gasteiger partial charge in [-0.05, 0) is 50.8 Å². The van der Waals surface area contributed by atoms with E-state index in [0.29, 0.717) is 29.6 Å². The van der Waals surface area contributed by atoms with Gasteiger partial charge in [-0.1, -0.05) is 6.07 Å². The lowest BCUT2D eigenvalue weighted by atomic mass is 10.2. The number of imidazole rings is 1. The Bertz CT molecular complexity index is 1080. The molecule has 4 rings (SSSR count). The number of aromatic nitrogens is 3. The van der Waals surface area contributed by atoms with Crippen molar-refractivity contribution in [2.24, 2.45) is 0 Å². The van der Waals surface area contributed by atoms with Gasteiger partial charge in [0.1, 0.15) is 11.3 Å². The molecule has 0 amide bonds. The van der Waals surface area contributed by atoms with Crippen LogP contribution in [0.4, 0.5) is 16.4 Å². The molecule has 134 valence electrons. The highest BCUT2D eigenvalue weighted by molar-refractivity contribution is 5.80. The van der Waals surface area contributed by atoms with Gasteiger partial charge in [-0.15, -0.1) is 0 Å². The fraction of sp³-hybridized carbons (Fsp3) is 0.263. The zero-order chi connectivity index (χ0) is 18.3. The van der Waals surface area contributed by atoms with Crippen molar-refractivity contribution in [2.75, 3.05) is 19.4 Å². The van der Waals surface area contributed by atoms with Gasteiger partial charge in [0, 0.05) is 19.2 Å². The highest BCUT2D eigenvalue weighted by Crippen LogP contribution is 2.26. The summed E-state index contributed by atoms with van der Waals surface area (Å²) in [5, 5.41) is 3.12. The third-order valence-electron chi connectivity index (χ3n) is 4.20. The van der Waals surface area contributed by atoms with E-state index in [1.165, 1.54) is 17.7 Å². The first kappa shape index (κ1) is 16.5. The van der Waals surface area contributed by atoms with E-state index in [0.717, 1.165) is 17.6 Å². The molecule has 0 atom stereocenters. The van der Waals surface area contributed by atoms with Crippen LogP contribution in [0.2, 0.25) is 0 Å². The molecule has 0 spiro atoms. The summed E-state index contributed by atoms with van der Waals surface area (Å²) < 4.78 is 21.2. The molecular weight excluding hydrogens is 333 g/mol. The van der Waals surface area contributed by atoms with Crippen molar-refractivity contribution in [3.63, 3.8) is 0 Å². The molecule has 1 N–H and O–H groups in total. The van der Waals surface area contributed by atoms with Crippen LogP contribution in [0.15, 0.2) is 40.8 Å². The standard InChI is InChI=1S/C19H20FN5O/c1-4-25-16-7-6-13(20)10-14(16)21-18(25)23-19-22-15-9-12(11-24(2)3)5-8-17(15)26-19/h5-10H,4,11H2,1-3H3,(H,21,22,23). The summed E-state index contributed by atoms with van der Waals surface area (Å²) >= 11 is 0. The SMILES string of the molecule is CCn1c(Nc2nc3cc(CN(C)C)ccc3o2)nc2cc(F)ccc21. The summed E-state index contributed by atoms with van der Waals surface area (Å²) in [5.74, 6) is 0.272. The summed E-state index contributed by atoms with van der Waals surface area (Å²) in [5.41, 5.74) is 4.12. The Balaban J connectivity index is 1.69. The van der Waals surface area contributed by atoms with E-state index in [1.54, 1.807) is 6.07 Å². The number of rotatable bonds is 5. The van der Waals surface area contributed by atoms with E-state index in [1.807, 2.05) is 43.8 Å². The number of nitrogens with one attached hydrogen (secondary N) is 1. The third-order valence-corrected chi connectivity index (χ3v) is 4.20. The number of hydrogen-bond donors (Lipinski definition) is 1. The number of benzene rings is 2. The summed E-state index contributed by atoms with van der Waals surface area (Å²) in [7, 11) is 4.05. The van der Waals surface area contributed by atoms with Crippen molar-refractivity contribution in [3.05, 3.63) is 47.8 Å². The summed E-state index contributed by atoms with van der Waals surface area (Å²) in [6.45, 7) is 3.54. The second-order valence-electron chi connectivity index (χ2n) is 6.50. The molecule has 2 aromatic heterocycles. The summed E-state index contributed by atoms with van der Waals surface area (Å²) in [4.78, 5) is 11.1. The number of anilines is 2. The molecule has 2 aromatic carbocycles. The molecule has 0 fully saturated rings. The highest BCUT2D eigenvalue weighted by Gasteiger charge is 2.14. The van der Waals surface area contributed by atoms with Gasteiger partial charge in [0.15, 0.2) is 5.58 Å². The Hall–Kier alpha value is -2.93. The Morgan fingerprint density at radius 2 is 1.96 bits per heavy atom. The first-order valence-electron chi connectivity index (χ1n) is 8.50. The number of oxazole rings is 1. The Morgan fingerprint density at radius 3 is 2.73 bits per heavy atom. The van der Waals surface area contributed by atoms with Crippen LogP contribution < -0.4 is 5.32 Å². The molecule has 0 radical (unpaired) electrons. The average molecular weight is 353 g/mol. The van der Waals surface area contributed by atoms with Gasteiger partial charge in [0.25, 0.3) is 0 Å². The van der Waals surface area contributed by atoms with Gasteiger partial charge in [-0.25, -0.2) is 9.37 Å². The van der Waals surface area contributed by atoms with Crippen molar-refractivity contribution in [3.8, 4) is 0 Å². The number of aryl methyl sites for hydroxylation is 1. The van der Waals surface area contributed by atoms with Crippen molar-refractivity contribution in [1.82, 2.24) is 19.4 Å².